The molecule has 2 aromatic carbocycles. The number of likely N-dealkylation sites (tertiary alicyclic amines) is 1. The number of carboxylic acids is 1. The fourth-order valence-corrected chi connectivity index (χ4v) is 3.36. The molecule has 2 aromatic rings. The summed E-state index contributed by atoms with van der Waals surface area (Å²) in [6.45, 7) is 2.20. The second-order valence-corrected chi connectivity index (χ2v) is 6.81. The minimum atomic E-state index is -0.755. The van der Waals surface area contributed by atoms with Gasteiger partial charge in [0.2, 0.25) is 0 Å². The number of benzene rings is 2. The van der Waals surface area contributed by atoms with E-state index in [9.17, 15) is 9.18 Å². The van der Waals surface area contributed by atoms with Gasteiger partial charge in [0.05, 0.1) is 12.1 Å². The number of hydrogen-bond acceptors (Lipinski definition) is 4. The molecule has 1 unspecified atom stereocenters. The fraction of sp³-hybridized carbons (Fsp3) is 0.300. The number of aliphatic carboxylic acids is 1. The highest BCUT2D eigenvalue weighted by atomic mass is 35.5. The zero-order valence-electron chi connectivity index (χ0n) is 14.6. The van der Waals surface area contributed by atoms with Crippen LogP contribution in [-0.4, -0.2) is 48.4 Å². The van der Waals surface area contributed by atoms with Gasteiger partial charge in [-0.1, -0.05) is 41.0 Å². The van der Waals surface area contributed by atoms with Crippen molar-refractivity contribution in [2.24, 2.45) is 11.1 Å². The van der Waals surface area contributed by atoms with Gasteiger partial charge in [0, 0.05) is 29.2 Å². The Morgan fingerprint density at radius 1 is 1.33 bits per heavy atom. The molecule has 0 aliphatic carbocycles. The van der Waals surface area contributed by atoms with E-state index in [2.05, 4.69) is 5.16 Å². The fourth-order valence-electron chi connectivity index (χ4n) is 3.12. The summed E-state index contributed by atoms with van der Waals surface area (Å²) in [5.74, 6) is -1.43. The van der Waals surface area contributed by atoms with Crippen LogP contribution in [0.4, 0.5) is 4.39 Å². The van der Waals surface area contributed by atoms with Crippen LogP contribution in [0.2, 0.25) is 5.02 Å². The third-order valence-corrected chi connectivity index (χ3v) is 4.89. The Morgan fingerprint density at radius 2 is 2.15 bits per heavy atom. The number of carboxylic acid groups (broad SMARTS) is 1. The van der Waals surface area contributed by atoms with Crippen molar-refractivity contribution in [2.45, 2.75) is 6.42 Å². The van der Waals surface area contributed by atoms with E-state index >= 15 is 0 Å². The minimum absolute atomic E-state index is 0.307. The topological polar surface area (TPSA) is 62.1 Å². The van der Waals surface area contributed by atoms with Gasteiger partial charge in [-0.25, -0.2) is 4.39 Å². The summed E-state index contributed by atoms with van der Waals surface area (Å²) < 4.78 is 13.7. The summed E-state index contributed by atoms with van der Waals surface area (Å²) in [6, 6.07) is 11.8. The van der Waals surface area contributed by atoms with Gasteiger partial charge >= 0.3 is 5.97 Å². The zero-order valence-corrected chi connectivity index (χ0v) is 15.4. The Hall–Kier alpha value is -2.44. The molecule has 7 heteroatoms. The molecule has 0 amide bonds. The van der Waals surface area contributed by atoms with Gasteiger partial charge in [-0.3, -0.25) is 9.69 Å². The Bertz CT molecular complexity index is 844. The first kappa shape index (κ1) is 19.3. The van der Waals surface area contributed by atoms with E-state index in [1.54, 1.807) is 12.1 Å². The highest BCUT2D eigenvalue weighted by molar-refractivity contribution is 6.33. The number of carbonyl (C=O) groups is 1. The van der Waals surface area contributed by atoms with Crippen LogP contribution < -0.4 is 0 Å². The first-order chi connectivity index (χ1) is 13.0. The molecule has 0 aromatic heterocycles. The van der Waals surface area contributed by atoms with Crippen molar-refractivity contribution in [1.29, 1.82) is 0 Å². The normalized spacial score (nSPS) is 17.5. The molecular weight excluding hydrogens is 371 g/mol. The highest BCUT2D eigenvalue weighted by Crippen LogP contribution is 2.30. The predicted octanol–water partition coefficient (Wildman–Crippen LogP) is 3.90. The standard InChI is InChI=1S/C20H20ClFN2O3/c21-19-4-2-1-3-18(19)17-6-5-16(22)11-15(17)12-23-27-10-9-24-8-7-14(13-24)20(25)26/h1-6,11-12,14H,7-10,13H2,(H,25,26)/b23-12+. The second kappa shape index (κ2) is 8.97. The quantitative estimate of drug-likeness (QED) is 0.442. The molecule has 0 saturated carbocycles. The van der Waals surface area contributed by atoms with E-state index in [-0.39, 0.29) is 11.7 Å². The molecule has 5 nitrogen and oxygen atoms in total. The Morgan fingerprint density at radius 3 is 2.89 bits per heavy atom. The Balaban J connectivity index is 1.60. The Labute approximate surface area is 162 Å². The van der Waals surface area contributed by atoms with E-state index in [1.807, 2.05) is 23.1 Å². The van der Waals surface area contributed by atoms with Crippen molar-refractivity contribution in [3.05, 3.63) is 58.9 Å². The summed E-state index contributed by atoms with van der Waals surface area (Å²) in [6.07, 6.45) is 2.12. The SMILES string of the molecule is O=C(O)C1CCN(CCO/N=C/c2cc(F)ccc2-c2ccccc2Cl)C1. The first-order valence-corrected chi connectivity index (χ1v) is 9.07. The van der Waals surface area contributed by atoms with Crippen LogP contribution in [0.25, 0.3) is 11.1 Å². The summed E-state index contributed by atoms with van der Waals surface area (Å²) >= 11 is 6.24. The van der Waals surface area contributed by atoms with Crippen LogP contribution in [0.3, 0.4) is 0 Å². The molecule has 142 valence electrons. The number of hydrogen-bond donors (Lipinski definition) is 1. The van der Waals surface area contributed by atoms with Crippen molar-refractivity contribution in [2.75, 3.05) is 26.2 Å². The van der Waals surface area contributed by atoms with Gasteiger partial charge in [-0.2, -0.15) is 0 Å². The average Bonchev–Trinajstić information content (AvgIpc) is 3.12. The molecule has 1 fully saturated rings. The lowest BCUT2D eigenvalue weighted by molar-refractivity contribution is -0.141. The van der Waals surface area contributed by atoms with Gasteiger partial charge in [-0.15, -0.1) is 0 Å². The van der Waals surface area contributed by atoms with Crippen molar-refractivity contribution in [3.63, 3.8) is 0 Å². The highest BCUT2D eigenvalue weighted by Gasteiger charge is 2.27. The minimum Gasteiger partial charge on any atom is -0.481 e. The lowest BCUT2D eigenvalue weighted by atomic mass is 10.00. The van der Waals surface area contributed by atoms with E-state index in [0.29, 0.717) is 36.7 Å². The molecule has 0 bridgehead atoms. The van der Waals surface area contributed by atoms with Crippen molar-refractivity contribution >= 4 is 23.8 Å². The molecule has 0 radical (unpaired) electrons. The largest absolute Gasteiger partial charge is 0.481 e. The molecule has 0 spiro atoms. The molecule has 1 aliphatic rings. The number of nitrogens with zero attached hydrogens (tertiary/aromatic N) is 2. The van der Waals surface area contributed by atoms with Crippen LogP contribution in [0, 0.1) is 11.7 Å². The van der Waals surface area contributed by atoms with Gasteiger partial charge in [-0.05, 0) is 36.7 Å². The second-order valence-electron chi connectivity index (χ2n) is 6.40. The summed E-state index contributed by atoms with van der Waals surface area (Å²) in [5.41, 5.74) is 2.12. The van der Waals surface area contributed by atoms with Crippen molar-refractivity contribution < 1.29 is 19.1 Å². The van der Waals surface area contributed by atoms with Crippen LogP contribution in [0.5, 0.6) is 0 Å². The monoisotopic (exact) mass is 390 g/mol. The van der Waals surface area contributed by atoms with Crippen LogP contribution in [-0.2, 0) is 9.63 Å². The molecule has 27 heavy (non-hydrogen) atoms. The Kier molecular flexibility index (Phi) is 6.42. The average molecular weight is 391 g/mol. The smallest absolute Gasteiger partial charge is 0.307 e. The van der Waals surface area contributed by atoms with Crippen molar-refractivity contribution in [3.8, 4) is 11.1 Å². The van der Waals surface area contributed by atoms with Gasteiger partial charge < -0.3 is 9.94 Å². The van der Waals surface area contributed by atoms with E-state index in [4.69, 9.17) is 21.5 Å². The van der Waals surface area contributed by atoms with E-state index in [0.717, 1.165) is 17.7 Å². The van der Waals surface area contributed by atoms with Crippen LogP contribution in [0.15, 0.2) is 47.6 Å². The number of halogens is 2. The van der Waals surface area contributed by atoms with E-state index in [1.165, 1.54) is 18.3 Å². The molecule has 1 aliphatic heterocycles. The third kappa shape index (κ3) is 5.05. The number of rotatable bonds is 7. The molecule has 1 saturated heterocycles. The van der Waals surface area contributed by atoms with Gasteiger partial charge in [0.25, 0.3) is 0 Å². The van der Waals surface area contributed by atoms with Crippen LogP contribution >= 0.6 is 11.6 Å². The molecule has 1 heterocycles. The zero-order chi connectivity index (χ0) is 19.2. The summed E-state index contributed by atoms with van der Waals surface area (Å²) in [5, 5.41) is 13.5. The molecular formula is C20H20ClFN2O3. The maximum absolute atomic E-state index is 13.7. The lowest BCUT2D eigenvalue weighted by Gasteiger charge is -2.13. The third-order valence-electron chi connectivity index (χ3n) is 4.56. The predicted molar refractivity (Wildman–Crippen MR) is 103 cm³/mol. The van der Waals surface area contributed by atoms with Gasteiger partial charge in [0.1, 0.15) is 12.4 Å². The van der Waals surface area contributed by atoms with Gasteiger partial charge in [0.15, 0.2) is 0 Å². The van der Waals surface area contributed by atoms with Crippen molar-refractivity contribution in [1.82, 2.24) is 4.90 Å². The van der Waals surface area contributed by atoms with Crippen LogP contribution in [0.1, 0.15) is 12.0 Å². The van der Waals surface area contributed by atoms with E-state index < -0.39 is 5.97 Å². The maximum atomic E-state index is 13.7. The molecule has 1 N–H and O–H groups in total. The lowest BCUT2D eigenvalue weighted by Crippen LogP contribution is -2.26. The molecule has 3 rings (SSSR count). The summed E-state index contributed by atoms with van der Waals surface area (Å²) in [4.78, 5) is 18.3. The maximum Gasteiger partial charge on any atom is 0.307 e. The first-order valence-electron chi connectivity index (χ1n) is 8.69. The number of oxime groups is 1. The summed E-state index contributed by atoms with van der Waals surface area (Å²) in [7, 11) is 0. The molecule has 1 atom stereocenters.